The fourth-order valence-corrected chi connectivity index (χ4v) is 2.29. The van der Waals surface area contributed by atoms with Crippen molar-refractivity contribution in [1.82, 2.24) is 9.88 Å². The minimum Gasteiger partial charge on any atom is -0.478 e. The molecule has 0 saturated heterocycles. The van der Waals surface area contributed by atoms with Gasteiger partial charge in [0.15, 0.2) is 0 Å². The van der Waals surface area contributed by atoms with E-state index >= 15 is 0 Å². The summed E-state index contributed by atoms with van der Waals surface area (Å²) in [7, 11) is 2.00. The van der Waals surface area contributed by atoms with Crippen LogP contribution in [0, 0.1) is 0 Å². The van der Waals surface area contributed by atoms with E-state index in [1.165, 1.54) is 17.8 Å². The third kappa shape index (κ3) is 3.97. The molecule has 1 heterocycles. The lowest BCUT2D eigenvalue weighted by Crippen LogP contribution is -2.33. The molecule has 5 nitrogen and oxygen atoms in total. The topological polar surface area (TPSA) is 71.3 Å². The van der Waals surface area contributed by atoms with Gasteiger partial charge in [0.25, 0.3) is 5.91 Å². The van der Waals surface area contributed by atoms with Crippen LogP contribution >= 0.6 is 0 Å². The zero-order valence-corrected chi connectivity index (χ0v) is 12.7. The van der Waals surface area contributed by atoms with Gasteiger partial charge in [0.1, 0.15) is 0 Å². The number of aryl methyl sites for hydroxylation is 2. The Balaban J connectivity index is 1.92. The molecule has 22 heavy (non-hydrogen) atoms. The van der Waals surface area contributed by atoms with Crippen LogP contribution in [0.5, 0.6) is 0 Å². The molecule has 0 aliphatic rings. The van der Waals surface area contributed by atoms with E-state index in [4.69, 9.17) is 5.11 Å². The van der Waals surface area contributed by atoms with Gasteiger partial charge in [-0.3, -0.25) is 4.79 Å². The molecule has 1 amide bonds. The first-order chi connectivity index (χ1) is 10.5. The van der Waals surface area contributed by atoms with Crippen molar-refractivity contribution in [2.24, 2.45) is 7.05 Å². The molecule has 0 saturated carbocycles. The van der Waals surface area contributed by atoms with Gasteiger partial charge in [0.05, 0.1) is 5.56 Å². The van der Waals surface area contributed by atoms with E-state index in [1.807, 2.05) is 26.2 Å². The van der Waals surface area contributed by atoms with Crippen molar-refractivity contribution in [2.45, 2.75) is 25.8 Å². The minimum atomic E-state index is -1.04. The van der Waals surface area contributed by atoms with Crippen LogP contribution in [-0.2, 0) is 13.5 Å². The first kappa shape index (κ1) is 15.8. The van der Waals surface area contributed by atoms with Crippen LogP contribution in [0.3, 0.4) is 0 Å². The molecule has 1 aromatic heterocycles. The predicted molar refractivity (Wildman–Crippen MR) is 84.1 cm³/mol. The van der Waals surface area contributed by atoms with Crippen LogP contribution in [0.1, 0.15) is 39.8 Å². The third-order valence-corrected chi connectivity index (χ3v) is 3.63. The number of carbonyl (C=O) groups is 2. The summed E-state index contributed by atoms with van der Waals surface area (Å²) in [6.07, 6.45) is 3.69. The van der Waals surface area contributed by atoms with Gasteiger partial charge in [-0.05, 0) is 50.1 Å². The Morgan fingerprint density at radius 1 is 1.23 bits per heavy atom. The van der Waals surface area contributed by atoms with Gasteiger partial charge in [-0.15, -0.1) is 0 Å². The summed E-state index contributed by atoms with van der Waals surface area (Å²) in [6.45, 7) is 1.95. The molecule has 1 aromatic carbocycles. The number of benzene rings is 1. The summed E-state index contributed by atoms with van der Waals surface area (Å²) in [6, 6.07) is 10.1. The van der Waals surface area contributed by atoms with Crippen molar-refractivity contribution >= 4 is 11.9 Å². The zero-order valence-electron chi connectivity index (χ0n) is 12.7. The standard InChI is InChI=1S/C17H20N2O3/c1-12(8-9-15-7-4-10-19(15)2)18-16(20)13-5-3-6-14(11-13)17(21)22/h3-7,10-12H,8-9H2,1-2H3,(H,18,20)(H,21,22)/t12-/m0/s1. The molecule has 0 aliphatic carbocycles. The van der Waals surface area contributed by atoms with Crippen LogP contribution in [0.4, 0.5) is 0 Å². The van der Waals surface area contributed by atoms with Crippen LogP contribution < -0.4 is 5.32 Å². The molecule has 1 atom stereocenters. The smallest absolute Gasteiger partial charge is 0.335 e. The SMILES string of the molecule is C[C@@H](CCc1cccn1C)NC(=O)c1cccc(C(=O)O)c1. The average molecular weight is 300 g/mol. The molecular weight excluding hydrogens is 280 g/mol. The van der Waals surface area contributed by atoms with Crippen molar-refractivity contribution in [2.75, 3.05) is 0 Å². The Hall–Kier alpha value is -2.56. The monoisotopic (exact) mass is 300 g/mol. The number of rotatable bonds is 6. The maximum absolute atomic E-state index is 12.1. The summed E-state index contributed by atoms with van der Waals surface area (Å²) < 4.78 is 2.06. The number of carboxylic acids is 1. The molecule has 5 heteroatoms. The minimum absolute atomic E-state index is 0.0101. The van der Waals surface area contributed by atoms with E-state index in [1.54, 1.807) is 12.1 Å². The van der Waals surface area contributed by atoms with E-state index < -0.39 is 5.97 Å². The molecule has 0 fully saturated rings. The van der Waals surface area contributed by atoms with E-state index in [0.717, 1.165) is 12.8 Å². The Labute approximate surface area is 129 Å². The lowest BCUT2D eigenvalue weighted by molar-refractivity contribution is 0.0697. The Morgan fingerprint density at radius 2 is 1.95 bits per heavy atom. The van der Waals surface area contributed by atoms with Gasteiger partial charge in [0.2, 0.25) is 0 Å². The van der Waals surface area contributed by atoms with Crippen molar-refractivity contribution in [3.05, 3.63) is 59.4 Å². The highest BCUT2D eigenvalue weighted by Crippen LogP contribution is 2.08. The quantitative estimate of drug-likeness (QED) is 0.861. The molecule has 2 rings (SSSR count). The maximum atomic E-state index is 12.1. The van der Waals surface area contributed by atoms with Crippen LogP contribution in [0.2, 0.25) is 0 Å². The number of hydrogen-bond donors (Lipinski definition) is 2. The lowest BCUT2D eigenvalue weighted by atomic mass is 10.1. The van der Waals surface area contributed by atoms with Crippen LogP contribution in [0.15, 0.2) is 42.6 Å². The Bertz CT molecular complexity index is 676. The van der Waals surface area contributed by atoms with Crippen molar-refractivity contribution in [1.29, 1.82) is 0 Å². The number of aromatic nitrogens is 1. The van der Waals surface area contributed by atoms with Gasteiger partial charge in [-0.25, -0.2) is 4.79 Å². The highest BCUT2D eigenvalue weighted by atomic mass is 16.4. The molecule has 0 bridgehead atoms. The molecule has 0 radical (unpaired) electrons. The van der Waals surface area contributed by atoms with Gasteiger partial charge in [-0.1, -0.05) is 6.07 Å². The second-order valence-corrected chi connectivity index (χ2v) is 5.41. The summed E-state index contributed by atoms with van der Waals surface area (Å²) in [5.74, 6) is -1.28. The summed E-state index contributed by atoms with van der Waals surface area (Å²) in [5.41, 5.74) is 1.70. The Morgan fingerprint density at radius 3 is 2.59 bits per heavy atom. The molecular formula is C17H20N2O3. The van der Waals surface area contributed by atoms with Crippen molar-refractivity contribution in [3.8, 4) is 0 Å². The molecule has 2 aromatic rings. The first-order valence-electron chi connectivity index (χ1n) is 7.22. The van der Waals surface area contributed by atoms with Crippen molar-refractivity contribution < 1.29 is 14.7 Å². The molecule has 0 aliphatic heterocycles. The number of aromatic carboxylic acids is 1. The average Bonchev–Trinajstić information content (AvgIpc) is 2.90. The number of nitrogens with one attached hydrogen (secondary N) is 1. The fraction of sp³-hybridized carbons (Fsp3) is 0.294. The normalized spacial score (nSPS) is 11.9. The summed E-state index contributed by atoms with van der Waals surface area (Å²) in [4.78, 5) is 23.1. The van der Waals surface area contributed by atoms with Crippen LogP contribution in [0.25, 0.3) is 0 Å². The molecule has 2 N–H and O–H groups in total. The van der Waals surface area contributed by atoms with Crippen LogP contribution in [-0.4, -0.2) is 27.6 Å². The highest BCUT2D eigenvalue weighted by molar-refractivity contribution is 5.97. The van der Waals surface area contributed by atoms with E-state index in [-0.39, 0.29) is 17.5 Å². The van der Waals surface area contributed by atoms with E-state index in [9.17, 15) is 9.59 Å². The zero-order chi connectivity index (χ0) is 16.1. The number of nitrogens with zero attached hydrogens (tertiary/aromatic N) is 1. The lowest BCUT2D eigenvalue weighted by Gasteiger charge is -2.14. The summed E-state index contributed by atoms with van der Waals surface area (Å²) >= 11 is 0. The second kappa shape index (κ2) is 6.93. The van der Waals surface area contributed by atoms with E-state index in [0.29, 0.717) is 5.56 Å². The third-order valence-electron chi connectivity index (χ3n) is 3.63. The maximum Gasteiger partial charge on any atom is 0.335 e. The molecule has 0 unspecified atom stereocenters. The summed E-state index contributed by atoms with van der Waals surface area (Å²) in [5, 5.41) is 11.9. The Kier molecular flexibility index (Phi) is 4.99. The molecule has 116 valence electrons. The van der Waals surface area contributed by atoms with Gasteiger partial charge >= 0.3 is 5.97 Å². The van der Waals surface area contributed by atoms with Gasteiger partial charge in [0, 0.05) is 30.5 Å². The van der Waals surface area contributed by atoms with Gasteiger partial charge < -0.3 is 15.0 Å². The number of carbonyl (C=O) groups excluding carboxylic acids is 1. The fourth-order valence-electron chi connectivity index (χ4n) is 2.29. The van der Waals surface area contributed by atoms with Gasteiger partial charge in [-0.2, -0.15) is 0 Å². The van der Waals surface area contributed by atoms with Crippen molar-refractivity contribution in [3.63, 3.8) is 0 Å². The first-order valence-corrected chi connectivity index (χ1v) is 7.22. The number of amides is 1. The van der Waals surface area contributed by atoms with E-state index in [2.05, 4.69) is 16.0 Å². The highest BCUT2D eigenvalue weighted by Gasteiger charge is 2.12. The largest absolute Gasteiger partial charge is 0.478 e. The number of carboxylic acid groups (broad SMARTS) is 1. The number of hydrogen-bond acceptors (Lipinski definition) is 2. The predicted octanol–water partition coefficient (Wildman–Crippen LogP) is 2.47. The molecule has 0 spiro atoms. The second-order valence-electron chi connectivity index (χ2n) is 5.41.